The third kappa shape index (κ3) is 5.40. The van der Waals surface area contributed by atoms with Crippen molar-refractivity contribution in [3.8, 4) is 11.5 Å². The molecule has 1 saturated heterocycles. The summed E-state index contributed by atoms with van der Waals surface area (Å²) in [7, 11) is 0. The van der Waals surface area contributed by atoms with Crippen molar-refractivity contribution in [2.75, 3.05) is 31.3 Å². The van der Waals surface area contributed by atoms with E-state index in [4.69, 9.17) is 19.2 Å². The molecule has 0 spiro atoms. The Labute approximate surface area is 193 Å². The molecule has 3 aromatic rings. The van der Waals surface area contributed by atoms with Crippen molar-refractivity contribution < 1.29 is 19.0 Å². The number of fused-ring (bicyclic) bond motifs is 1. The van der Waals surface area contributed by atoms with E-state index in [1.807, 2.05) is 49.4 Å². The molecule has 0 aliphatic carbocycles. The van der Waals surface area contributed by atoms with Crippen molar-refractivity contribution in [3.63, 3.8) is 0 Å². The summed E-state index contributed by atoms with van der Waals surface area (Å²) in [5.74, 6) is 1.82. The first-order valence-corrected chi connectivity index (χ1v) is 12.0. The largest absolute Gasteiger partial charge is 0.494 e. The van der Waals surface area contributed by atoms with Crippen LogP contribution in [-0.4, -0.2) is 43.4 Å². The minimum atomic E-state index is -0.127. The van der Waals surface area contributed by atoms with E-state index in [9.17, 15) is 4.79 Å². The average Bonchev–Trinajstić information content (AvgIpc) is 3.45. The molecule has 1 aromatic heterocycles. The zero-order valence-corrected chi connectivity index (χ0v) is 19.7. The third-order valence-corrected chi connectivity index (χ3v) is 6.55. The maximum atomic E-state index is 13.2. The maximum absolute atomic E-state index is 13.2. The van der Waals surface area contributed by atoms with Crippen molar-refractivity contribution in [1.82, 2.24) is 4.98 Å². The second-order valence-electron chi connectivity index (χ2n) is 8.21. The fourth-order valence-electron chi connectivity index (χ4n) is 3.72. The van der Waals surface area contributed by atoms with Crippen LogP contribution in [0.15, 0.2) is 42.5 Å². The van der Waals surface area contributed by atoms with E-state index < -0.39 is 0 Å². The van der Waals surface area contributed by atoms with Crippen LogP contribution in [0.1, 0.15) is 45.1 Å². The number of ether oxygens (including phenoxy) is 3. The normalized spacial score (nSPS) is 15.9. The minimum absolute atomic E-state index is 0.0234. The van der Waals surface area contributed by atoms with E-state index in [1.54, 1.807) is 4.90 Å². The molecule has 1 aliphatic heterocycles. The number of rotatable bonds is 9. The van der Waals surface area contributed by atoms with Gasteiger partial charge in [-0.3, -0.25) is 9.69 Å². The molecule has 0 radical (unpaired) electrons. The van der Waals surface area contributed by atoms with Gasteiger partial charge in [0.2, 0.25) is 0 Å². The van der Waals surface area contributed by atoms with Gasteiger partial charge in [0.15, 0.2) is 11.7 Å². The van der Waals surface area contributed by atoms with Crippen LogP contribution in [0, 0.1) is 0 Å². The lowest BCUT2D eigenvalue weighted by Gasteiger charge is -2.23. The highest BCUT2D eigenvalue weighted by molar-refractivity contribution is 7.22. The van der Waals surface area contributed by atoms with E-state index >= 15 is 0 Å². The lowest BCUT2D eigenvalue weighted by molar-refractivity contribution is -0.120. The van der Waals surface area contributed by atoms with Gasteiger partial charge in [0.1, 0.15) is 11.5 Å². The molecule has 4 rings (SSSR count). The van der Waals surface area contributed by atoms with Gasteiger partial charge in [0, 0.05) is 6.61 Å². The van der Waals surface area contributed by atoms with E-state index in [-0.39, 0.29) is 18.6 Å². The highest BCUT2D eigenvalue weighted by Crippen LogP contribution is 2.32. The predicted octanol–water partition coefficient (Wildman–Crippen LogP) is 5.41. The van der Waals surface area contributed by atoms with E-state index in [2.05, 4.69) is 13.8 Å². The molecule has 1 amide bonds. The van der Waals surface area contributed by atoms with Crippen LogP contribution < -0.4 is 14.4 Å². The summed E-state index contributed by atoms with van der Waals surface area (Å²) in [6, 6.07) is 13.7. The van der Waals surface area contributed by atoms with Crippen molar-refractivity contribution in [1.29, 1.82) is 0 Å². The Kier molecular flexibility index (Phi) is 7.27. The van der Waals surface area contributed by atoms with Crippen LogP contribution in [-0.2, 0) is 9.53 Å². The number of thiazole rings is 1. The first-order chi connectivity index (χ1) is 15.5. The number of hydrogen-bond donors (Lipinski definition) is 0. The van der Waals surface area contributed by atoms with Crippen LogP contribution in [0.5, 0.6) is 11.5 Å². The zero-order chi connectivity index (χ0) is 22.5. The number of aromatic nitrogens is 1. The fourth-order valence-corrected chi connectivity index (χ4v) is 4.74. The van der Waals surface area contributed by atoms with E-state index in [1.165, 1.54) is 16.9 Å². The number of carbonyl (C=O) groups is 1. The Morgan fingerprint density at radius 2 is 1.97 bits per heavy atom. The van der Waals surface area contributed by atoms with Gasteiger partial charge in [-0.1, -0.05) is 37.3 Å². The molecule has 1 unspecified atom stereocenters. The van der Waals surface area contributed by atoms with Gasteiger partial charge >= 0.3 is 0 Å². The molecule has 0 bridgehead atoms. The number of carbonyl (C=O) groups excluding carboxylic acids is 1. The molecule has 2 aromatic carbocycles. The maximum Gasteiger partial charge on any atom is 0.266 e. The Morgan fingerprint density at radius 3 is 2.66 bits per heavy atom. The highest BCUT2D eigenvalue weighted by atomic mass is 32.1. The molecule has 1 aliphatic rings. The SMILES string of the molecule is CCOc1ccc2nc(N(CC3CCCO3)C(=O)COc3ccc(C(C)C)cc3)sc2c1. The quantitative estimate of drug-likeness (QED) is 0.433. The van der Waals surface area contributed by atoms with Gasteiger partial charge in [0.25, 0.3) is 5.91 Å². The smallest absolute Gasteiger partial charge is 0.266 e. The molecule has 170 valence electrons. The van der Waals surface area contributed by atoms with Crippen molar-refractivity contribution in [2.24, 2.45) is 0 Å². The van der Waals surface area contributed by atoms with Crippen LogP contribution in [0.2, 0.25) is 0 Å². The second kappa shape index (κ2) is 10.3. The number of nitrogens with zero attached hydrogens (tertiary/aromatic N) is 2. The molecule has 2 heterocycles. The first-order valence-electron chi connectivity index (χ1n) is 11.2. The standard InChI is InChI=1S/C25H30N2O4S/c1-4-29-20-11-12-22-23(14-20)32-25(26-22)27(15-21-6-5-13-30-21)24(28)16-31-19-9-7-18(8-10-19)17(2)3/h7-12,14,17,21H,4-6,13,15-16H2,1-3H3. The second-order valence-corrected chi connectivity index (χ2v) is 9.22. The summed E-state index contributed by atoms with van der Waals surface area (Å²) in [5, 5.41) is 0.660. The van der Waals surface area contributed by atoms with Gasteiger partial charge in [-0.2, -0.15) is 0 Å². The molecule has 32 heavy (non-hydrogen) atoms. The van der Waals surface area contributed by atoms with E-state index in [0.717, 1.165) is 35.4 Å². The fraction of sp³-hybridized carbons (Fsp3) is 0.440. The van der Waals surface area contributed by atoms with Crippen LogP contribution in [0.4, 0.5) is 5.13 Å². The molecular weight excluding hydrogens is 424 g/mol. The number of amides is 1. The molecule has 0 N–H and O–H groups in total. The summed E-state index contributed by atoms with van der Waals surface area (Å²) in [6.45, 7) is 8.04. The van der Waals surface area contributed by atoms with E-state index in [0.29, 0.717) is 30.0 Å². The Balaban J connectivity index is 1.51. The van der Waals surface area contributed by atoms with Gasteiger partial charge in [-0.15, -0.1) is 0 Å². The summed E-state index contributed by atoms with van der Waals surface area (Å²) < 4.78 is 18.2. The molecule has 7 heteroatoms. The lowest BCUT2D eigenvalue weighted by Crippen LogP contribution is -2.40. The highest BCUT2D eigenvalue weighted by Gasteiger charge is 2.26. The van der Waals surface area contributed by atoms with Crippen molar-refractivity contribution in [2.45, 2.75) is 45.6 Å². The first kappa shape index (κ1) is 22.6. The number of anilines is 1. The van der Waals surface area contributed by atoms with Gasteiger partial charge in [-0.05, 0) is 61.6 Å². The Morgan fingerprint density at radius 1 is 1.19 bits per heavy atom. The van der Waals surface area contributed by atoms with Crippen LogP contribution in [0.3, 0.4) is 0 Å². The molecule has 0 saturated carbocycles. The minimum Gasteiger partial charge on any atom is -0.494 e. The van der Waals surface area contributed by atoms with Gasteiger partial charge in [-0.25, -0.2) is 4.98 Å². The summed E-state index contributed by atoms with van der Waals surface area (Å²) >= 11 is 1.49. The summed E-state index contributed by atoms with van der Waals surface area (Å²) in [5.41, 5.74) is 2.09. The molecule has 1 atom stereocenters. The number of benzene rings is 2. The van der Waals surface area contributed by atoms with Gasteiger partial charge in [0.05, 0.1) is 29.5 Å². The third-order valence-electron chi connectivity index (χ3n) is 5.51. The summed E-state index contributed by atoms with van der Waals surface area (Å²) in [4.78, 5) is 19.6. The molecule has 6 nitrogen and oxygen atoms in total. The Bertz CT molecular complexity index is 1040. The van der Waals surface area contributed by atoms with Gasteiger partial charge < -0.3 is 14.2 Å². The topological polar surface area (TPSA) is 60.9 Å². The monoisotopic (exact) mass is 454 g/mol. The van der Waals surface area contributed by atoms with Crippen LogP contribution >= 0.6 is 11.3 Å². The molecule has 1 fully saturated rings. The van der Waals surface area contributed by atoms with Crippen molar-refractivity contribution >= 4 is 32.6 Å². The van der Waals surface area contributed by atoms with Crippen molar-refractivity contribution in [3.05, 3.63) is 48.0 Å². The predicted molar refractivity (Wildman–Crippen MR) is 128 cm³/mol. The zero-order valence-electron chi connectivity index (χ0n) is 18.9. The Hall–Kier alpha value is -2.64. The van der Waals surface area contributed by atoms with Crippen LogP contribution in [0.25, 0.3) is 10.2 Å². The lowest BCUT2D eigenvalue weighted by atomic mass is 10.0. The molecular formula is C25H30N2O4S. The number of hydrogen-bond acceptors (Lipinski definition) is 6. The average molecular weight is 455 g/mol. The summed E-state index contributed by atoms with van der Waals surface area (Å²) in [6.07, 6.45) is 1.99.